The van der Waals surface area contributed by atoms with Crippen molar-refractivity contribution < 1.29 is 19.2 Å². The molecule has 31 heavy (non-hydrogen) atoms. The average Bonchev–Trinajstić information content (AvgIpc) is 3.06. The van der Waals surface area contributed by atoms with E-state index in [4.69, 9.17) is 9.47 Å². The molecule has 0 amide bonds. The molecule has 1 aromatic heterocycles. The molecule has 3 rings (SSSR count). The van der Waals surface area contributed by atoms with Gasteiger partial charge in [-0.2, -0.15) is 5.10 Å². The average molecular weight is 428 g/mol. The van der Waals surface area contributed by atoms with Gasteiger partial charge in [0.25, 0.3) is 5.69 Å². The Morgan fingerprint density at radius 1 is 1.32 bits per heavy atom. The van der Waals surface area contributed by atoms with E-state index in [9.17, 15) is 14.9 Å². The van der Waals surface area contributed by atoms with Crippen LogP contribution in [-0.4, -0.2) is 41.0 Å². The van der Waals surface area contributed by atoms with Gasteiger partial charge < -0.3 is 14.8 Å². The van der Waals surface area contributed by atoms with Crippen LogP contribution in [0.3, 0.4) is 0 Å². The minimum atomic E-state index is -0.659. The van der Waals surface area contributed by atoms with Gasteiger partial charge in [0, 0.05) is 37.0 Å². The summed E-state index contributed by atoms with van der Waals surface area (Å²) in [4.78, 5) is 24.5. The van der Waals surface area contributed by atoms with Gasteiger partial charge in [0.1, 0.15) is 12.4 Å². The summed E-state index contributed by atoms with van der Waals surface area (Å²) >= 11 is 0. The molecule has 0 bridgehead atoms. The normalized spacial score (nSPS) is 15.4. The first kappa shape index (κ1) is 22.5. The summed E-state index contributed by atoms with van der Waals surface area (Å²) in [5, 5.41) is 19.8. The summed E-state index contributed by atoms with van der Waals surface area (Å²) in [5.41, 5.74) is 2.95. The first-order valence-electron chi connectivity index (χ1n) is 10.3. The van der Waals surface area contributed by atoms with Crippen LogP contribution in [0.4, 0.5) is 11.5 Å². The predicted octanol–water partition coefficient (Wildman–Crippen LogP) is 3.69. The van der Waals surface area contributed by atoms with Gasteiger partial charge in [-0.15, -0.1) is 0 Å². The number of hydrogen-bond acceptors (Lipinski definition) is 7. The fourth-order valence-electron chi connectivity index (χ4n) is 3.96. The quantitative estimate of drug-likeness (QED) is 0.281. The lowest BCUT2D eigenvalue weighted by molar-refractivity contribution is -0.385. The number of nitrogens with one attached hydrogen (secondary N) is 1. The number of hydrogen-bond donors (Lipinski definition) is 1. The van der Waals surface area contributed by atoms with E-state index in [0.717, 1.165) is 29.9 Å². The number of methoxy groups -OCH3 is 1. The van der Waals surface area contributed by atoms with Crippen LogP contribution in [0.15, 0.2) is 35.5 Å². The van der Waals surface area contributed by atoms with Crippen molar-refractivity contribution in [2.24, 2.45) is 7.05 Å². The van der Waals surface area contributed by atoms with Crippen LogP contribution in [0.1, 0.15) is 49.4 Å². The highest BCUT2D eigenvalue weighted by molar-refractivity contribution is 5.95. The zero-order valence-corrected chi connectivity index (χ0v) is 18.3. The Hall–Kier alpha value is -3.20. The molecule has 9 nitrogen and oxygen atoms in total. The van der Waals surface area contributed by atoms with Crippen LogP contribution in [0.5, 0.6) is 0 Å². The molecule has 9 heteroatoms. The topological polar surface area (TPSA) is 109 Å². The van der Waals surface area contributed by atoms with Crippen LogP contribution in [-0.2, 0) is 27.7 Å². The Bertz CT molecular complexity index is 1010. The molecule has 2 aromatic rings. The number of benzene rings is 1. The van der Waals surface area contributed by atoms with E-state index in [1.165, 1.54) is 13.2 Å². The van der Waals surface area contributed by atoms with Crippen molar-refractivity contribution in [3.05, 3.63) is 62.5 Å². The number of carbonyl (C=O) groups excluding carboxylic acids is 1. The molecular formula is C22H28N4O5. The largest absolute Gasteiger partial charge is 0.460 e. The second-order valence-electron chi connectivity index (χ2n) is 7.48. The molecule has 0 saturated heterocycles. The third-order valence-corrected chi connectivity index (χ3v) is 5.40. The maximum absolute atomic E-state index is 13.1. The van der Waals surface area contributed by atoms with Crippen molar-refractivity contribution in [3.63, 3.8) is 0 Å². The number of nitro benzene ring substituents is 1. The van der Waals surface area contributed by atoms with Gasteiger partial charge in [0.15, 0.2) is 0 Å². The number of unbranched alkanes of at least 4 members (excludes halogenated alkanes) is 1. The Morgan fingerprint density at radius 2 is 2.06 bits per heavy atom. The molecule has 1 N–H and O–H groups in total. The Morgan fingerprint density at radius 3 is 2.74 bits per heavy atom. The molecule has 0 radical (unpaired) electrons. The first-order valence-corrected chi connectivity index (χ1v) is 10.3. The Balaban J connectivity index is 2.20. The molecule has 1 unspecified atom stereocenters. The molecular weight excluding hydrogens is 400 g/mol. The summed E-state index contributed by atoms with van der Waals surface area (Å²) in [6, 6.07) is 6.53. The third kappa shape index (κ3) is 4.46. The molecule has 166 valence electrons. The molecule has 1 aliphatic heterocycles. The summed E-state index contributed by atoms with van der Waals surface area (Å²) in [6.07, 6.45) is 2.61. The zero-order chi connectivity index (χ0) is 22.5. The van der Waals surface area contributed by atoms with Gasteiger partial charge in [-0.1, -0.05) is 31.5 Å². The minimum Gasteiger partial charge on any atom is -0.460 e. The molecule has 0 spiro atoms. The van der Waals surface area contributed by atoms with E-state index in [1.807, 2.05) is 7.05 Å². The van der Waals surface area contributed by atoms with Gasteiger partial charge in [-0.25, -0.2) is 4.79 Å². The standard InChI is InChI=1S/C22H28N4O5/c1-5-6-10-16-20-19(15-9-7-8-11-17(15)26(28)29)18(22(27)31-13-12-30-4)14(2)23-21(20)25(3)24-16/h7-9,11,19,23H,5-6,10,12-13H2,1-4H3. The van der Waals surface area contributed by atoms with Crippen LogP contribution >= 0.6 is 0 Å². The summed E-state index contributed by atoms with van der Waals surface area (Å²) in [6.45, 7) is 4.23. The summed E-state index contributed by atoms with van der Waals surface area (Å²) in [7, 11) is 3.35. The maximum atomic E-state index is 13.1. The van der Waals surface area contributed by atoms with Crippen molar-refractivity contribution in [1.29, 1.82) is 0 Å². The highest BCUT2D eigenvalue weighted by Gasteiger charge is 2.40. The fourth-order valence-corrected chi connectivity index (χ4v) is 3.96. The van der Waals surface area contributed by atoms with E-state index in [0.29, 0.717) is 23.3 Å². The number of anilines is 1. The number of para-hydroxylation sites is 1. The van der Waals surface area contributed by atoms with Gasteiger partial charge in [0.05, 0.1) is 28.7 Å². The summed E-state index contributed by atoms with van der Waals surface area (Å²) < 4.78 is 12.1. The third-order valence-electron chi connectivity index (χ3n) is 5.40. The van der Waals surface area contributed by atoms with E-state index in [2.05, 4.69) is 17.3 Å². The lowest BCUT2D eigenvalue weighted by Gasteiger charge is -2.28. The van der Waals surface area contributed by atoms with Crippen molar-refractivity contribution in [2.45, 2.75) is 39.0 Å². The highest BCUT2D eigenvalue weighted by Crippen LogP contribution is 2.46. The molecule has 1 aromatic carbocycles. The first-order chi connectivity index (χ1) is 14.9. The second kappa shape index (κ2) is 9.74. The van der Waals surface area contributed by atoms with Gasteiger partial charge in [-0.05, 0) is 19.8 Å². The summed E-state index contributed by atoms with van der Waals surface area (Å²) in [5.74, 6) is -0.449. The zero-order valence-electron chi connectivity index (χ0n) is 18.3. The molecule has 0 aliphatic carbocycles. The van der Waals surface area contributed by atoms with Gasteiger partial charge in [0.2, 0.25) is 0 Å². The minimum absolute atomic E-state index is 0.0411. The Labute approximate surface area is 181 Å². The number of nitro groups is 1. The number of aryl methyl sites for hydroxylation is 2. The molecule has 0 saturated carbocycles. The smallest absolute Gasteiger partial charge is 0.336 e. The van der Waals surface area contributed by atoms with Gasteiger partial charge in [-0.3, -0.25) is 14.8 Å². The lowest BCUT2D eigenvalue weighted by Crippen LogP contribution is -2.26. The molecule has 1 atom stereocenters. The lowest BCUT2D eigenvalue weighted by atomic mass is 9.80. The van der Waals surface area contributed by atoms with Crippen LogP contribution in [0, 0.1) is 10.1 Å². The highest BCUT2D eigenvalue weighted by atomic mass is 16.6. The molecule has 0 fully saturated rings. The van der Waals surface area contributed by atoms with Crippen molar-refractivity contribution in [3.8, 4) is 0 Å². The fraction of sp³-hybridized carbons (Fsp3) is 0.455. The monoisotopic (exact) mass is 428 g/mol. The van der Waals surface area contributed by atoms with Gasteiger partial charge >= 0.3 is 5.97 Å². The number of ether oxygens (including phenoxy) is 2. The Kier molecular flexibility index (Phi) is 7.06. The molecule has 1 aliphatic rings. The molecule has 2 heterocycles. The number of nitrogens with zero attached hydrogens (tertiary/aromatic N) is 3. The number of allylic oxidation sites excluding steroid dienone is 1. The predicted molar refractivity (Wildman–Crippen MR) is 116 cm³/mol. The number of aromatic nitrogens is 2. The van der Waals surface area contributed by atoms with E-state index in [1.54, 1.807) is 29.8 Å². The van der Waals surface area contributed by atoms with Crippen molar-refractivity contribution in [1.82, 2.24) is 9.78 Å². The van der Waals surface area contributed by atoms with Crippen molar-refractivity contribution in [2.75, 3.05) is 25.6 Å². The van der Waals surface area contributed by atoms with Crippen molar-refractivity contribution >= 4 is 17.5 Å². The van der Waals surface area contributed by atoms with Crippen LogP contribution in [0.2, 0.25) is 0 Å². The number of esters is 1. The maximum Gasteiger partial charge on any atom is 0.336 e. The number of fused-ring (bicyclic) bond motifs is 1. The van der Waals surface area contributed by atoms with E-state index in [-0.39, 0.29) is 18.9 Å². The number of carbonyl (C=O) groups is 1. The number of rotatable bonds is 9. The van der Waals surface area contributed by atoms with Crippen LogP contribution < -0.4 is 5.32 Å². The SMILES string of the molecule is CCCCc1nn(C)c2c1C(c1ccccc1[N+](=O)[O-])C(C(=O)OCCOC)=C(C)N2. The van der Waals surface area contributed by atoms with E-state index >= 15 is 0 Å². The van der Waals surface area contributed by atoms with Crippen LogP contribution in [0.25, 0.3) is 0 Å². The van der Waals surface area contributed by atoms with E-state index < -0.39 is 16.8 Å². The second-order valence-corrected chi connectivity index (χ2v) is 7.48.